The monoisotopic (exact) mass is 322 g/mol. The van der Waals surface area contributed by atoms with Crippen LogP contribution in [0.15, 0.2) is 12.1 Å². The summed E-state index contributed by atoms with van der Waals surface area (Å²) in [7, 11) is 0. The normalized spacial score (nSPS) is 10.1. The first-order chi connectivity index (χ1) is 6.99. The molecule has 3 nitrogen and oxygen atoms in total. The van der Waals surface area contributed by atoms with Crippen molar-refractivity contribution < 1.29 is 19.1 Å². The molecular weight excluding hydrogens is 314 g/mol. The van der Waals surface area contributed by atoms with E-state index in [9.17, 15) is 14.0 Å². The molecule has 1 N–H and O–H groups in total. The molecule has 80 valence electrons. The molecule has 0 heterocycles. The number of benzene rings is 1. The summed E-state index contributed by atoms with van der Waals surface area (Å²) in [5.41, 5.74) is 0.374. The molecule has 0 bridgehead atoms. The molecular formula is C10H8FIO3. The van der Waals surface area contributed by atoms with Gasteiger partial charge in [-0.2, -0.15) is 0 Å². The number of aryl methyl sites for hydroxylation is 1. The molecule has 0 aromatic heterocycles. The molecule has 0 amide bonds. The lowest BCUT2D eigenvalue weighted by Crippen LogP contribution is -2.15. The van der Waals surface area contributed by atoms with E-state index in [2.05, 4.69) is 0 Å². The van der Waals surface area contributed by atoms with Gasteiger partial charge in [0.1, 0.15) is 5.82 Å². The van der Waals surface area contributed by atoms with Crippen LogP contribution in [-0.2, 0) is 11.2 Å². The number of Topliss-reactive ketones (excluding diaryl/α,β-unsaturated/α-hetero) is 1. The van der Waals surface area contributed by atoms with Crippen molar-refractivity contribution in [2.24, 2.45) is 0 Å². The van der Waals surface area contributed by atoms with Crippen molar-refractivity contribution >= 4 is 34.3 Å². The molecule has 1 aromatic rings. The van der Waals surface area contributed by atoms with Gasteiger partial charge >= 0.3 is 5.97 Å². The molecule has 1 aromatic carbocycles. The first-order valence-corrected chi connectivity index (χ1v) is 5.31. The van der Waals surface area contributed by atoms with E-state index in [0.717, 1.165) is 5.56 Å². The van der Waals surface area contributed by atoms with E-state index in [1.807, 2.05) is 6.92 Å². The van der Waals surface area contributed by atoms with Crippen LogP contribution in [0.2, 0.25) is 0 Å². The van der Waals surface area contributed by atoms with Crippen LogP contribution in [0.4, 0.5) is 4.39 Å². The van der Waals surface area contributed by atoms with Gasteiger partial charge < -0.3 is 5.11 Å². The molecule has 15 heavy (non-hydrogen) atoms. The van der Waals surface area contributed by atoms with Crippen molar-refractivity contribution in [3.05, 3.63) is 32.6 Å². The summed E-state index contributed by atoms with van der Waals surface area (Å²) in [6.45, 7) is 1.86. The lowest BCUT2D eigenvalue weighted by molar-refractivity contribution is -0.131. The van der Waals surface area contributed by atoms with Crippen molar-refractivity contribution in [3.63, 3.8) is 0 Å². The molecule has 0 saturated heterocycles. The second-order valence-corrected chi connectivity index (χ2v) is 3.97. The number of carbonyl (C=O) groups excluding carboxylic acids is 1. The van der Waals surface area contributed by atoms with Gasteiger partial charge in [-0.15, -0.1) is 0 Å². The standard InChI is InChI=1S/C10H8FIO3/c1-2-5-3-4-6(7(11)8(5)12)9(13)10(14)15/h3-4H,2H2,1H3,(H,14,15). The summed E-state index contributed by atoms with van der Waals surface area (Å²) >= 11 is 1.77. The third-order valence-corrected chi connectivity index (χ3v) is 3.15. The number of carbonyl (C=O) groups is 2. The smallest absolute Gasteiger partial charge is 0.377 e. The van der Waals surface area contributed by atoms with Crippen molar-refractivity contribution in [3.8, 4) is 0 Å². The van der Waals surface area contributed by atoms with E-state index in [1.165, 1.54) is 6.07 Å². The van der Waals surface area contributed by atoms with Gasteiger partial charge in [0.05, 0.1) is 9.13 Å². The molecule has 0 radical (unpaired) electrons. The third-order valence-electron chi connectivity index (χ3n) is 1.98. The lowest BCUT2D eigenvalue weighted by Gasteiger charge is -2.05. The second-order valence-electron chi connectivity index (χ2n) is 2.89. The quantitative estimate of drug-likeness (QED) is 0.528. The number of rotatable bonds is 3. The lowest BCUT2D eigenvalue weighted by atomic mass is 10.1. The fourth-order valence-corrected chi connectivity index (χ4v) is 2.00. The molecule has 0 aliphatic rings. The van der Waals surface area contributed by atoms with Crippen molar-refractivity contribution in [2.45, 2.75) is 13.3 Å². The van der Waals surface area contributed by atoms with Crippen LogP contribution >= 0.6 is 22.6 Å². The van der Waals surface area contributed by atoms with Crippen LogP contribution < -0.4 is 0 Å². The Hall–Kier alpha value is -0.980. The van der Waals surface area contributed by atoms with Gasteiger partial charge in [-0.05, 0) is 40.6 Å². The van der Waals surface area contributed by atoms with Crippen LogP contribution in [0.5, 0.6) is 0 Å². The largest absolute Gasteiger partial charge is 0.475 e. The van der Waals surface area contributed by atoms with Crippen LogP contribution in [0.1, 0.15) is 22.8 Å². The van der Waals surface area contributed by atoms with E-state index in [1.54, 1.807) is 28.7 Å². The highest BCUT2D eigenvalue weighted by atomic mass is 127. The van der Waals surface area contributed by atoms with Crippen molar-refractivity contribution in [1.29, 1.82) is 0 Å². The van der Waals surface area contributed by atoms with E-state index >= 15 is 0 Å². The van der Waals surface area contributed by atoms with Gasteiger partial charge in [0.25, 0.3) is 5.78 Å². The fraction of sp³-hybridized carbons (Fsp3) is 0.200. The predicted octanol–water partition coefficient (Wildman–Crippen LogP) is 2.26. The Morgan fingerprint density at radius 3 is 2.53 bits per heavy atom. The number of carboxylic acids is 1. The second kappa shape index (κ2) is 4.69. The van der Waals surface area contributed by atoms with Crippen LogP contribution in [0, 0.1) is 9.39 Å². The number of aliphatic carboxylic acids is 1. The molecule has 0 spiro atoms. The minimum absolute atomic E-state index is 0.308. The SMILES string of the molecule is CCc1ccc(C(=O)C(=O)O)c(F)c1I. The third kappa shape index (κ3) is 2.34. The summed E-state index contributed by atoms with van der Waals surface area (Å²) in [5.74, 6) is -3.61. The molecule has 5 heteroatoms. The Balaban J connectivity index is 3.29. The first kappa shape index (κ1) is 12.1. The van der Waals surface area contributed by atoms with Crippen LogP contribution in [-0.4, -0.2) is 16.9 Å². The highest BCUT2D eigenvalue weighted by Gasteiger charge is 2.21. The predicted molar refractivity (Wildman–Crippen MR) is 60.5 cm³/mol. The zero-order chi connectivity index (χ0) is 11.6. The summed E-state index contributed by atoms with van der Waals surface area (Å²) in [6.07, 6.45) is 0.636. The van der Waals surface area contributed by atoms with Crippen molar-refractivity contribution in [1.82, 2.24) is 0 Å². The van der Waals surface area contributed by atoms with E-state index < -0.39 is 17.6 Å². The van der Waals surface area contributed by atoms with Gasteiger partial charge in [0, 0.05) is 0 Å². The van der Waals surface area contributed by atoms with E-state index in [4.69, 9.17) is 5.11 Å². The molecule has 0 aliphatic heterocycles. The molecule has 0 unspecified atom stereocenters. The molecule has 0 aliphatic carbocycles. The highest BCUT2D eigenvalue weighted by molar-refractivity contribution is 14.1. The molecule has 0 atom stereocenters. The molecule has 1 rings (SSSR count). The maximum Gasteiger partial charge on any atom is 0.377 e. The Kier molecular flexibility index (Phi) is 3.78. The van der Waals surface area contributed by atoms with E-state index in [-0.39, 0.29) is 5.56 Å². The minimum Gasteiger partial charge on any atom is -0.475 e. The fourth-order valence-electron chi connectivity index (χ4n) is 1.15. The van der Waals surface area contributed by atoms with Gasteiger partial charge in [-0.3, -0.25) is 4.79 Å². The van der Waals surface area contributed by atoms with Gasteiger partial charge in [-0.25, -0.2) is 9.18 Å². The molecule has 0 saturated carbocycles. The summed E-state index contributed by atoms with van der Waals surface area (Å²) < 4.78 is 13.9. The Labute approximate surface area is 99.4 Å². The van der Waals surface area contributed by atoms with E-state index in [0.29, 0.717) is 9.99 Å². The zero-order valence-corrected chi connectivity index (χ0v) is 10.0. The molecule has 0 fully saturated rings. The maximum absolute atomic E-state index is 13.6. The minimum atomic E-state index is -1.64. The maximum atomic E-state index is 13.6. The topological polar surface area (TPSA) is 54.4 Å². The van der Waals surface area contributed by atoms with Gasteiger partial charge in [0.15, 0.2) is 0 Å². The summed E-state index contributed by atoms with van der Waals surface area (Å²) in [5, 5.41) is 8.46. The number of hydrogen-bond donors (Lipinski definition) is 1. The van der Waals surface area contributed by atoms with Gasteiger partial charge in [-0.1, -0.05) is 13.0 Å². The number of halogens is 2. The van der Waals surface area contributed by atoms with Crippen LogP contribution in [0.3, 0.4) is 0 Å². The Morgan fingerprint density at radius 2 is 2.07 bits per heavy atom. The summed E-state index contributed by atoms with van der Waals surface area (Å²) in [4.78, 5) is 21.5. The van der Waals surface area contributed by atoms with Crippen LogP contribution in [0.25, 0.3) is 0 Å². The Morgan fingerprint density at radius 1 is 1.47 bits per heavy atom. The average Bonchev–Trinajstić information content (AvgIpc) is 2.21. The number of hydrogen-bond acceptors (Lipinski definition) is 2. The average molecular weight is 322 g/mol. The number of carboxylic acid groups (broad SMARTS) is 1. The number of ketones is 1. The first-order valence-electron chi connectivity index (χ1n) is 4.23. The highest BCUT2D eigenvalue weighted by Crippen LogP contribution is 2.20. The summed E-state index contributed by atoms with van der Waals surface area (Å²) in [6, 6.07) is 2.79. The zero-order valence-electron chi connectivity index (χ0n) is 7.88. The van der Waals surface area contributed by atoms with Gasteiger partial charge in [0.2, 0.25) is 0 Å². The Bertz CT molecular complexity index is 429. The van der Waals surface area contributed by atoms with Crippen molar-refractivity contribution in [2.75, 3.05) is 0 Å².